The number of nitrogens with zero attached hydrogens (tertiary/aromatic N) is 1. The van der Waals surface area contributed by atoms with Crippen LogP contribution < -0.4 is 5.14 Å². The molecule has 0 radical (unpaired) electrons. The summed E-state index contributed by atoms with van der Waals surface area (Å²) in [6.07, 6.45) is -0.120. The summed E-state index contributed by atoms with van der Waals surface area (Å²) < 4.78 is 22.4. The lowest BCUT2D eigenvalue weighted by atomic mass is 10.1. The predicted octanol–water partition coefficient (Wildman–Crippen LogP) is 0.428. The third kappa shape index (κ3) is 3.96. The zero-order valence-corrected chi connectivity index (χ0v) is 13.3. The molecule has 1 aromatic heterocycles. The van der Waals surface area contributed by atoms with Gasteiger partial charge in [0, 0.05) is 23.4 Å². The van der Waals surface area contributed by atoms with Crippen LogP contribution in [0.3, 0.4) is 0 Å². The fourth-order valence-corrected chi connectivity index (χ4v) is 4.68. The van der Waals surface area contributed by atoms with Crippen molar-refractivity contribution < 1.29 is 23.1 Å². The van der Waals surface area contributed by atoms with Crippen molar-refractivity contribution in [2.75, 3.05) is 18.1 Å². The van der Waals surface area contributed by atoms with Gasteiger partial charge >= 0.3 is 5.97 Å². The summed E-state index contributed by atoms with van der Waals surface area (Å²) >= 11 is 2.48. The molecule has 3 N–H and O–H groups in total. The van der Waals surface area contributed by atoms with Crippen LogP contribution in [0.5, 0.6) is 0 Å². The molecule has 0 saturated carbocycles. The molecule has 1 aromatic rings. The first-order valence-electron chi connectivity index (χ1n) is 6.01. The third-order valence-electron chi connectivity index (χ3n) is 3.00. The SMILES string of the molecule is NS(=O)(=O)c1cc(C(=O)N2CCSCC2CC(=O)O)cs1. The number of amides is 1. The van der Waals surface area contributed by atoms with Gasteiger partial charge in [0.15, 0.2) is 0 Å². The number of carboxylic acids is 1. The van der Waals surface area contributed by atoms with Crippen LogP contribution in [0, 0.1) is 0 Å². The van der Waals surface area contributed by atoms with Crippen LogP contribution in [0.15, 0.2) is 15.7 Å². The van der Waals surface area contributed by atoms with Crippen molar-refractivity contribution in [3.05, 3.63) is 17.0 Å². The van der Waals surface area contributed by atoms with Crippen molar-refractivity contribution in [2.24, 2.45) is 5.14 Å². The van der Waals surface area contributed by atoms with E-state index in [0.717, 1.165) is 17.1 Å². The van der Waals surface area contributed by atoms with Gasteiger partial charge in [0.2, 0.25) is 10.0 Å². The summed E-state index contributed by atoms with van der Waals surface area (Å²) in [5.74, 6) is -0.0262. The van der Waals surface area contributed by atoms with Gasteiger partial charge in [0.1, 0.15) is 4.21 Å². The number of rotatable bonds is 4. The number of carbonyl (C=O) groups excluding carboxylic acids is 1. The van der Waals surface area contributed by atoms with Gasteiger partial charge in [-0.3, -0.25) is 9.59 Å². The second kappa shape index (κ2) is 6.34. The van der Waals surface area contributed by atoms with Gasteiger partial charge in [-0.25, -0.2) is 13.6 Å². The maximum absolute atomic E-state index is 12.4. The van der Waals surface area contributed by atoms with Crippen molar-refractivity contribution in [1.29, 1.82) is 0 Å². The highest BCUT2D eigenvalue weighted by Gasteiger charge is 2.30. The van der Waals surface area contributed by atoms with Crippen molar-refractivity contribution in [2.45, 2.75) is 16.7 Å². The minimum absolute atomic E-state index is 0.0768. The van der Waals surface area contributed by atoms with Crippen LogP contribution in [-0.2, 0) is 14.8 Å². The monoisotopic (exact) mass is 350 g/mol. The minimum atomic E-state index is -3.83. The molecule has 0 aliphatic carbocycles. The number of aliphatic carboxylic acids is 1. The standard InChI is InChI=1S/C11H14N2O5S3/c12-21(17,18)10-3-7(5-20-10)11(16)13-1-2-19-6-8(13)4-9(14)15/h3,5,8H,1-2,4,6H2,(H,14,15)(H2,12,17,18). The topological polar surface area (TPSA) is 118 Å². The highest BCUT2D eigenvalue weighted by Crippen LogP contribution is 2.24. The molecule has 21 heavy (non-hydrogen) atoms. The zero-order valence-electron chi connectivity index (χ0n) is 10.9. The normalized spacial score (nSPS) is 19.5. The minimum Gasteiger partial charge on any atom is -0.481 e. The van der Waals surface area contributed by atoms with Crippen LogP contribution in [0.4, 0.5) is 0 Å². The second-order valence-electron chi connectivity index (χ2n) is 4.52. The average molecular weight is 350 g/mol. The summed E-state index contributed by atoms with van der Waals surface area (Å²) in [5.41, 5.74) is 0.228. The van der Waals surface area contributed by atoms with Crippen molar-refractivity contribution in [3.63, 3.8) is 0 Å². The molecule has 1 fully saturated rings. The lowest BCUT2D eigenvalue weighted by Crippen LogP contribution is -2.47. The Morgan fingerprint density at radius 3 is 2.76 bits per heavy atom. The van der Waals surface area contributed by atoms with E-state index in [9.17, 15) is 18.0 Å². The zero-order chi connectivity index (χ0) is 15.6. The molecule has 0 spiro atoms. The summed E-state index contributed by atoms with van der Waals surface area (Å²) in [5, 5.41) is 15.4. The Morgan fingerprint density at radius 1 is 1.48 bits per heavy atom. The Balaban J connectivity index is 2.20. The van der Waals surface area contributed by atoms with Gasteiger partial charge in [-0.2, -0.15) is 11.8 Å². The van der Waals surface area contributed by atoms with Crippen molar-refractivity contribution >= 4 is 45.0 Å². The lowest BCUT2D eigenvalue weighted by Gasteiger charge is -2.34. The molecule has 2 heterocycles. The van der Waals surface area contributed by atoms with Crippen molar-refractivity contribution in [1.82, 2.24) is 4.90 Å². The molecule has 0 aromatic carbocycles. The van der Waals surface area contributed by atoms with Gasteiger partial charge in [0.05, 0.1) is 18.0 Å². The molecule has 1 saturated heterocycles. The molecule has 116 valence electrons. The van der Waals surface area contributed by atoms with E-state index in [1.165, 1.54) is 16.3 Å². The number of nitrogens with two attached hydrogens (primary N) is 1. The van der Waals surface area contributed by atoms with Gasteiger partial charge in [-0.1, -0.05) is 0 Å². The van der Waals surface area contributed by atoms with Crippen LogP contribution in [0.1, 0.15) is 16.8 Å². The molecule has 7 nitrogen and oxygen atoms in total. The third-order valence-corrected chi connectivity index (χ3v) is 6.48. The quantitative estimate of drug-likeness (QED) is 0.813. The summed E-state index contributed by atoms with van der Waals surface area (Å²) in [7, 11) is -3.83. The molecule has 1 aliphatic rings. The number of carbonyl (C=O) groups is 2. The highest BCUT2D eigenvalue weighted by atomic mass is 32.2. The number of primary sulfonamides is 1. The summed E-state index contributed by atoms with van der Waals surface area (Å²) in [6.45, 7) is 0.446. The predicted molar refractivity (Wildman–Crippen MR) is 80.1 cm³/mol. The van der Waals surface area contributed by atoms with Crippen LogP contribution in [-0.4, -0.2) is 54.4 Å². The van der Waals surface area contributed by atoms with E-state index in [1.54, 1.807) is 11.8 Å². The van der Waals surface area contributed by atoms with E-state index in [-0.39, 0.29) is 28.1 Å². The first kappa shape index (κ1) is 16.3. The molecule has 10 heteroatoms. The number of thiophene rings is 1. The Hall–Kier alpha value is -1.10. The first-order chi connectivity index (χ1) is 9.79. The molecule has 1 atom stereocenters. The number of sulfonamides is 1. The largest absolute Gasteiger partial charge is 0.481 e. The number of thioether (sulfide) groups is 1. The Kier molecular flexibility index (Phi) is 4.91. The number of carboxylic acid groups (broad SMARTS) is 1. The van der Waals surface area contributed by atoms with Gasteiger partial charge in [-0.15, -0.1) is 11.3 Å². The van der Waals surface area contributed by atoms with Gasteiger partial charge < -0.3 is 10.0 Å². The second-order valence-corrected chi connectivity index (χ2v) is 8.37. The molecule has 0 bridgehead atoms. The fourth-order valence-electron chi connectivity index (χ4n) is 2.04. The van der Waals surface area contributed by atoms with Crippen LogP contribution in [0.25, 0.3) is 0 Å². The Bertz CT molecular complexity index is 655. The Labute approximate surface area is 130 Å². The van der Waals surface area contributed by atoms with E-state index in [1.807, 2.05) is 0 Å². The molecule has 2 rings (SSSR count). The molecular formula is C11H14N2O5S3. The van der Waals surface area contributed by atoms with E-state index in [2.05, 4.69) is 0 Å². The van der Waals surface area contributed by atoms with Gasteiger partial charge in [0.25, 0.3) is 5.91 Å². The van der Waals surface area contributed by atoms with Gasteiger partial charge in [-0.05, 0) is 6.07 Å². The smallest absolute Gasteiger partial charge is 0.305 e. The fraction of sp³-hybridized carbons (Fsp3) is 0.455. The van der Waals surface area contributed by atoms with E-state index >= 15 is 0 Å². The molecule has 1 amide bonds. The summed E-state index contributed by atoms with van der Waals surface area (Å²) in [6, 6.07) is 0.855. The molecule has 1 unspecified atom stereocenters. The van der Waals surface area contributed by atoms with E-state index in [0.29, 0.717) is 12.3 Å². The van der Waals surface area contributed by atoms with Crippen LogP contribution in [0.2, 0.25) is 0 Å². The maximum Gasteiger partial charge on any atom is 0.305 e. The van der Waals surface area contributed by atoms with Crippen LogP contribution >= 0.6 is 23.1 Å². The van der Waals surface area contributed by atoms with E-state index in [4.69, 9.17) is 10.2 Å². The number of hydrogen-bond donors (Lipinski definition) is 2. The van der Waals surface area contributed by atoms with Crippen molar-refractivity contribution in [3.8, 4) is 0 Å². The maximum atomic E-state index is 12.4. The summed E-state index contributed by atoms with van der Waals surface area (Å²) in [4.78, 5) is 24.8. The first-order valence-corrected chi connectivity index (χ1v) is 9.59. The molecular weight excluding hydrogens is 336 g/mol. The highest BCUT2D eigenvalue weighted by molar-refractivity contribution is 7.99. The average Bonchev–Trinajstić information content (AvgIpc) is 2.87. The number of hydrogen-bond acceptors (Lipinski definition) is 6. The Morgan fingerprint density at radius 2 is 2.19 bits per heavy atom. The van der Waals surface area contributed by atoms with E-state index < -0.39 is 16.0 Å². The molecule has 1 aliphatic heterocycles. The lowest BCUT2D eigenvalue weighted by molar-refractivity contribution is -0.138.